The lowest BCUT2D eigenvalue weighted by molar-refractivity contribution is -0.134. The molecular formula is C16H22N2O. The molecule has 1 aliphatic carbocycles. The number of carbonyl (C=O) groups excluding carboxylic acids is 1. The summed E-state index contributed by atoms with van der Waals surface area (Å²) < 4.78 is 0. The Bertz CT molecular complexity index is 460. The van der Waals surface area contributed by atoms with Crippen molar-refractivity contribution in [2.24, 2.45) is 5.92 Å². The van der Waals surface area contributed by atoms with E-state index in [4.69, 9.17) is 0 Å². The van der Waals surface area contributed by atoms with Crippen LogP contribution in [0.1, 0.15) is 24.0 Å². The van der Waals surface area contributed by atoms with Crippen LogP contribution in [-0.4, -0.2) is 41.9 Å². The molecule has 1 amide bonds. The van der Waals surface area contributed by atoms with Gasteiger partial charge < -0.3 is 4.90 Å². The third kappa shape index (κ3) is 2.98. The van der Waals surface area contributed by atoms with Gasteiger partial charge in [-0.05, 0) is 30.9 Å². The van der Waals surface area contributed by atoms with Gasteiger partial charge in [0.15, 0.2) is 0 Å². The van der Waals surface area contributed by atoms with Crippen LogP contribution in [0.4, 0.5) is 0 Å². The van der Waals surface area contributed by atoms with E-state index < -0.39 is 0 Å². The summed E-state index contributed by atoms with van der Waals surface area (Å²) >= 11 is 0. The van der Waals surface area contributed by atoms with Gasteiger partial charge in [0.1, 0.15) is 0 Å². The molecule has 3 heteroatoms. The van der Waals surface area contributed by atoms with E-state index in [0.29, 0.717) is 11.8 Å². The highest BCUT2D eigenvalue weighted by Gasteiger charge is 2.34. The van der Waals surface area contributed by atoms with E-state index in [2.05, 4.69) is 41.0 Å². The second kappa shape index (κ2) is 5.33. The van der Waals surface area contributed by atoms with Crippen molar-refractivity contribution in [3.05, 3.63) is 35.4 Å². The summed E-state index contributed by atoms with van der Waals surface area (Å²) in [6, 6.07) is 8.57. The maximum Gasteiger partial charge on any atom is 0.225 e. The highest BCUT2D eigenvalue weighted by Crippen LogP contribution is 2.31. The molecular weight excluding hydrogens is 236 g/mol. The smallest absolute Gasteiger partial charge is 0.225 e. The summed E-state index contributed by atoms with van der Waals surface area (Å²) in [6.07, 6.45) is 2.23. The number of amides is 1. The van der Waals surface area contributed by atoms with Gasteiger partial charge in [0, 0.05) is 38.6 Å². The zero-order valence-electron chi connectivity index (χ0n) is 11.6. The van der Waals surface area contributed by atoms with Gasteiger partial charge >= 0.3 is 0 Å². The van der Waals surface area contributed by atoms with Crippen molar-refractivity contribution in [3.63, 3.8) is 0 Å². The largest absolute Gasteiger partial charge is 0.340 e. The summed E-state index contributed by atoms with van der Waals surface area (Å²) in [5.74, 6) is 0.762. The quantitative estimate of drug-likeness (QED) is 0.828. The van der Waals surface area contributed by atoms with Crippen molar-refractivity contribution in [1.29, 1.82) is 0 Å². The molecule has 0 unspecified atom stereocenters. The van der Waals surface area contributed by atoms with Crippen molar-refractivity contribution in [2.45, 2.75) is 26.3 Å². The van der Waals surface area contributed by atoms with E-state index >= 15 is 0 Å². The third-order valence-corrected chi connectivity index (χ3v) is 4.27. The van der Waals surface area contributed by atoms with Crippen molar-refractivity contribution >= 4 is 5.91 Å². The zero-order chi connectivity index (χ0) is 13.2. The predicted molar refractivity (Wildman–Crippen MR) is 75.8 cm³/mol. The first-order valence-electron chi connectivity index (χ1n) is 7.29. The zero-order valence-corrected chi connectivity index (χ0v) is 11.6. The van der Waals surface area contributed by atoms with Crippen LogP contribution in [0.5, 0.6) is 0 Å². The van der Waals surface area contributed by atoms with Gasteiger partial charge in [0.25, 0.3) is 0 Å². The molecule has 0 bridgehead atoms. The molecule has 3 nitrogen and oxygen atoms in total. The number of benzene rings is 1. The highest BCUT2D eigenvalue weighted by molar-refractivity contribution is 5.81. The molecule has 1 heterocycles. The van der Waals surface area contributed by atoms with Gasteiger partial charge in [0.2, 0.25) is 5.91 Å². The predicted octanol–water partition coefficient (Wildman–Crippen LogP) is 2.05. The maximum atomic E-state index is 12.0. The first-order valence-corrected chi connectivity index (χ1v) is 7.29. The number of nitrogens with zero attached hydrogens (tertiary/aromatic N) is 2. The average Bonchev–Trinajstić information content (AvgIpc) is 3.26. The van der Waals surface area contributed by atoms with E-state index in [-0.39, 0.29) is 0 Å². The van der Waals surface area contributed by atoms with Crippen LogP contribution in [-0.2, 0) is 11.3 Å². The molecule has 1 saturated carbocycles. The van der Waals surface area contributed by atoms with Gasteiger partial charge in [-0.15, -0.1) is 0 Å². The number of hydrogen-bond acceptors (Lipinski definition) is 2. The molecule has 0 atom stereocenters. The SMILES string of the molecule is Cc1ccccc1CN1CCN(C(=O)C2CC2)CC1. The van der Waals surface area contributed by atoms with Crippen LogP contribution < -0.4 is 0 Å². The summed E-state index contributed by atoms with van der Waals surface area (Å²) in [6.45, 7) is 7.00. The molecule has 2 fully saturated rings. The Morgan fingerprint density at radius 1 is 1.16 bits per heavy atom. The molecule has 1 aromatic rings. The van der Waals surface area contributed by atoms with Crippen LogP contribution in [0.25, 0.3) is 0 Å². The molecule has 3 rings (SSSR count). The van der Waals surface area contributed by atoms with E-state index in [1.54, 1.807) is 0 Å². The first kappa shape index (κ1) is 12.7. The molecule has 0 radical (unpaired) electrons. The Labute approximate surface area is 115 Å². The minimum atomic E-state index is 0.364. The highest BCUT2D eigenvalue weighted by atomic mass is 16.2. The fraction of sp³-hybridized carbons (Fsp3) is 0.562. The Morgan fingerprint density at radius 2 is 1.84 bits per heavy atom. The molecule has 0 N–H and O–H groups in total. The molecule has 102 valence electrons. The average molecular weight is 258 g/mol. The van der Waals surface area contributed by atoms with Crippen molar-refractivity contribution in [2.75, 3.05) is 26.2 Å². The molecule has 1 aromatic carbocycles. The van der Waals surface area contributed by atoms with Crippen molar-refractivity contribution in [3.8, 4) is 0 Å². The van der Waals surface area contributed by atoms with Crippen LogP contribution in [0.2, 0.25) is 0 Å². The number of rotatable bonds is 3. The van der Waals surface area contributed by atoms with Gasteiger partial charge in [-0.2, -0.15) is 0 Å². The number of hydrogen-bond donors (Lipinski definition) is 0. The van der Waals surface area contributed by atoms with Crippen LogP contribution in [0, 0.1) is 12.8 Å². The van der Waals surface area contributed by atoms with E-state index in [9.17, 15) is 4.79 Å². The fourth-order valence-corrected chi connectivity index (χ4v) is 2.74. The number of piperazine rings is 1. The minimum absolute atomic E-state index is 0.364. The van der Waals surface area contributed by atoms with E-state index in [0.717, 1.165) is 45.6 Å². The lowest BCUT2D eigenvalue weighted by atomic mass is 10.1. The minimum Gasteiger partial charge on any atom is -0.340 e. The summed E-state index contributed by atoms with van der Waals surface area (Å²) in [7, 11) is 0. The molecule has 2 aliphatic rings. The van der Waals surface area contributed by atoms with Crippen LogP contribution >= 0.6 is 0 Å². The summed E-state index contributed by atoms with van der Waals surface area (Å²) in [5.41, 5.74) is 2.77. The standard InChI is InChI=1S/C16H22N2O/c1-13-4-2-3-5-15(13)12-17-8-10-18(11-9-17)16(19)14-6-7-14/h2-5,14H,6-12H2,1H3. The Balaban J connectivity index is 1.53. The van der Waals surface area contributed by atoms with Gasteiger partial charge in [0.05, 0.1) is 0 Å². The second-order valence-corrected chi connectivity index (χ2v) is 5.80. The Hall–Kier alpha value is -1.35. The van der Waals surface area contributed by atoms with E-state index in [1.807, 2.05) is 0 Å². The van der Waals surface area contributed by atoms with Crippen LogP contribution in [0.15, 0.2) is 24.3 Å². The number of aryl methyl sites for hydroxylation is 1. The number of carbonyl (C=O) groups is 1. The fourth-order valence-electron chi connectivity index (χ4n) is 2.74. The second-order valence-electron chi connectivity index (χ2n) is 5.80. The maximum absolute atomic E-state index is 12.0. The molecule has 19 heavy (non-hydrogen) atoms. The molecule has 1 saturated heterocycles. The van der Waals surface area contributed by atoms with Crippen molar-refractivity contribution in [1.82, 2.24) is 9.80 Å². The van der Waals surface area contributed by atoms with Crippen LogP contribution in [0.3, 0.4) is 0 Å². The summed E-state index contributed by atoms with van der Waals surface area (Å²) in [4.78, 5) is 16.5. The lowest BCUT2D eigenvalue weighted by Gasteiger charge is -2.35. The van der Waals surface area contributed by atoms with Gasteiger partial charge in [-0.3, -0.25) is 9.69 Å². The third-order valence-electron chi connectivity index (χ3n) is 4.27. The van der Waals surface area contributed by atoms with E-state index in [1.165, 1.54) is 11.1 Å². The normalized spacial score (nSPS) is 20.6. The topological polar surface area (TPSA) is 23.6 Å². The van der Waals surface area contributed by atoms with Crippen molar-refractivity contribution < 1.29 is 4.79 Å². The molecule has 1 aliphatic heterocycles. The monoisotopic (exact) mass is 258 g/mol. The Kier molecular flexibility index (Phi) is 3.56. The van der Waals surface area contributed by atoms with Gasteiger partial charge in [-0.25, -0.2) is 0 Å². The Morgan fingerprint density at radius 3 is 2.47 bits per heavy atom. The molecule has 0 aromatic heterocycles. The first-order chi connectivity index (χ1) is 9.24. The summed E-state index contributed by atoms with van der Waals surface area (Å²) in [5, 5.41) is 0. The van der Waals surface area contributed by atoms with Gasteiger partial charge in [-0.1, -0.05) is 24.3 Å². The lowest BCUT2D eigenvalue weighted by Crippen LogP contribution is -2.48. The molecule has 0 spiro atoms.